The van der Waals surface area contributed by atoms with Gasteiger partial charge in [0.1, 0.15) is 12.4 Å². The zero-order valence-corrected chi connectivity index (χ0v) is 17.6. The van der Waals surface area contributed by atoms with E-state index in [4.69, 9.17) is 4.74 Å². The molecule has 1 fully saturated rings. The van der Waals surface area contributed by atoms with E-state index in [0.29, 0.717) is 23.8 Å². The highest BCUT2D eigenvalue weighted by molar-refractivity contribution is 9.10. The number of nitrogens with one attached hydrogen (secondary N) is 1. The molecular weight excluding hydrogens is 426 g/mol. The Kier molecular flexibility index (Phi) is 5.58. The zero-order chi connectivity index (χ0) is 18.9. The minimum atomic E-state index is -3.56. The van der Waals surface area contributed by atoms with Crippen LogP contribution in [0.25, 0.3) is 0 Å². The van der Waals surface area contributed by atoms with Crippen molar-refractivity contribution in [2.24, 2.45) is 0 Å². The van der Waals surface area contributed by atoms with Crippen LogP contribution >= 0.6 is 15.9 Å². The summed E-state index contributed by atoms with van der Waals surface area (Å²) in [6.07, 6.45) is 6.89. The lowest BCUT2D eigenvalue weighted by Gasteiger charge is -2.26. The van der Waals surface area contributed by atoms with Crippen molar-refractivity contribution in [1.82, 2.24) is 4.72 Å². The van der Waals surface area contributed by atoms with Gasteiger partial charge in [0.25, 0.3) is 0 Å². The predicted molar refractivity (Wildman–Crippen MR) is 110 cm³/mol. The van der Waals surface area contributed by atoms with Crippen molar-refractivity contribution in [3.05, 3.63) is 58.1 Å². The number of halogens is 1. The van der Waals surface area contributed by atoms with Crippen molar-refractivity contribution < 1.29 is 13.2 Å². The molecule has 1 atom stereocenters. The fourth-order valence-corrected chi connectivity index (χ4v) is 5.71. The third-order valence-electron chi connectivity index (χ3n) is 5.52. The molecule has 2 aliphatic rings. The van der Waals surface area contributed by atoms with E-state index >= 15 is 0 Å². The molecule has 0 unspecified atom stereocenters. The topological polar surface area (TPSA) is 55.4 Å². The normalized spacial score (nSPS) is 20.7. The monoisotopic (exact) mass is 449 g/mol. The summed E-state index contributed by atoms with van der Waals surface area (Å²) in [6.45, 7) is 0.341. The van der Waals surface area contributed by atoms with E-state index in [1.807, 2.05) is 30.3 Å². The van der Waals surface area contributed by atoms with E-state index in [9.17, 15) is 8.42 Å². The highest BCUT2D eigenvalue weighted by atomic mass is 79.9. The summed E-state index contributed by atoms with van der Waals surface area (Å²) in [5.74, 6) is 1.40. The molecule has 1 heterocycles. The summed E-state index contributed by atoms with van der Waals surface area (Å²) in [6, 6.07) is 13.0. The molecule has 0 amide bonds. The van der Waals surface area contributed by atoms with E-state index in [0.717, 1.165) is 15.8 Å². The number of benzene rings is 2. The average molecular weight is 450 g/mol. The molecule has 0 radical (unpaired) electrons. The molecule has 0 bridgehead atoms. The Hall–Kier alpha value is -1.37. The van der Waals surface area contributed by atoms with Gasteiger partial charge in [0.2, 0.25) is 10.0 Å². The van der Waals surface area contributed by atoms with Crippen molar-refractivity contribution in [1.29, 1.82) is 0 Å². The minimum Gasteiger partial charge on any atom is -0.492 e. The van der Waals surface area contributed by atoms with Crippen LogP contribution in [0.15, 0.2) is 51.8 Å². The third kappa shape index (κ3) is 4.39. The van der Waals surface area contributed by atoms with Crippen molar-refractivity contribution in [2.75, 3.05) is 6.61 Å². The van der Waals surface area contributed by atoms with Crippen LogP contribution in [0, 0.1) is 0 Å². The van der Waals surface area contributed by atoms with Crippen molar-refractivity contribution in [2.45, 2.75) is 55.4 Å². The van der Waals surface area contributed by atoms with Crippen molar-refractivity contribution in [3.63, 3.8) is 0 Å². The highest BCUT2D eigenvalue weighted by Gasteiger charge is 2.26. The maximum Gasteiger partial charge on any atom is 0.240 e. The second kappa shape index (κ2) is 7.94. The van der Waals surface area contributed by atoms with Gasteiger partial charge in [0, 0.05) is 4.47 Å². The van der Waals surface area contributed by atoms with Crippen LogP contribution in [-0.4, -0.2) is 21.1 Å². The Morgan fingerprint density at radius 3 is 2.48 bits per heavy atom. The van der Waals surface area contributed by atoms with Gasteiger partial charge >= 0.3 is 0 Å². The number of ether oxygens (including phenoxy) is 1. The van der Waals surface area contributed by atoms with Crippen LogP contribution in [0.5, 0.6) is 5.75 Å². The fraction of sp³-hybridized carbons (Fsp3) is 0.429. The van der Waals surface area contributed by atoms with Crippen LogP contribution in [0.4, 0.5) is 0 Å². The number of fused-ring (bicyclic) bond motifs is 1. The summed E-state index contributed by atoms with van der Waals surface area (Å²) in [5.41, 5.74) is 2.27. The number of hydrogen-bond donors (Lipinski definition) is 1. The summed E-state index contributed by atoms with van der Waals surface area (Å²) >= 11 is 3.45. The lowest BCUT2D eigenvalue weighted by atomic mass is 9.84. The van der Waals surface area contributed by atoms with Crippen LogP contribution < -0.4 is 9.46 Å². The standard InChI is InChI=1S/C21H24BrNO3S/c22-18-8-11-21-17(12-18)13-19(14-26-21)23-27(24,25)20-9-6-16(7-10-20)15-4-2-1-3-5-15/h6-12,15,19,23H,1-5,13-14H2/t19-/m1/s1. The van der Waals surface area contributed by atoms with Crippen LogP contribution in [0.3, 0.4) is 0 Å². The largest absolute Gasteiger partial charge is 0.492 e. The van der Waals surface area contributed by atoms with Crippen LogP contribution in [0.1, 0.15) is 49.1 Å². The van der Waals surface area contributed by atoms with Gasteiger partial charge in [0.15, 0.2) is 0 Å². The van der Waals surface area contributed by atoms with Crippen LogP contribution in [0.2, 0.25) is 0 Å². The highest BCUT2D eigenvalue weighted by Crippen LogP contribution is 2.33. The average Bonchev–Trinajstić information content (AvgIpc) is 2.68. The van der Waals surface area contributed by atoms with E-state index in [2.05, 4.69) is 20.7 Å². The van der Waals surface area contributed by atoms with Crippen molar-refractivity contribution in [3.8, 4) is 5.75 Å². The van der Waals surface area contributed by atoms with Gasteiger partial charge in [-0.25, -0.2) is 13.1 Å². The Balaban J connectivity index is 1.45. The zero-order valence-electron chi connectivity index (χ0n) is 15.2. The van der Waals surface area contributed by atoms with Gasteiger partial charge in [0.05, 0.1) is 10.9 Å². The molecule has 1 N–H and O–H groups in total. The summed E-state index contributed by atoms with van der Waals surface area (Å²) in [7, 11) is -3.56. The number of hydrogen-bond acceptors (Lipinski definition) is 3. The first-order valence-electron chi connectivity index (χ1n) is 9.55. The van der Waals surface area contributed by atoms with E-state index < -0.39 is 10.0 Å². The molecule has 4 nitrogen and oxygen atoms in total. The minimum absolute atomic E-state index is 0.269. The lowest BCUT2D eigenvalue weighted by Crippen LogP contribution is -2.42. The number of rotatable bonds is 4. The Labute approximate surface area is 169 Å². The SMILES string of the molecule is O=S(=O)(N[C@H]1COc2ccc(Br)cc2C1)c1ccc(C2CCCCC2)cc1. The molecular formula is C21H24BrNO3S. The predicted octanol–water partition coefficient (Wildman–Crippen LogP) is 4.78. The molecule has 2 aromatic rings. The first kappa shape index (κ1) is 19.0. The summed E-state index contributed by atoms with van der Waals surface area (Å²) in [5, 5.41) is 0. The lowest BCUT2D eigenvalue weighted by molar-refractivity contribution is 0.254. The van der Waals surface area contributed by atoms with E-state index in [1.165, 1.54) is 37.7 Å². The molecule has 144 valence electrons. The molecule has 0 spiro atoms. The smallest absolute Gasteiger partial charge is 0.240 e. The Bertz CT molecular complexity index is 906. The van der Waals surface area contributed by atoms with Gasteiger partial charge in [-0.2, -0.15) is 0 Å². The molecule has 0 saturated heterocycles. The molecule has 1 saturated carbocycles. The second-order valence-electron chi connectivity index (χ2n) is 7.49. The Morgan fingerprint density at radius 1 is 1.00 bits per heavy atom. The maximum atomic E-state index is 12.8. The molecule has 6 heteroatoms. The quantitative estimate of drug-likeness (QED) is 0.730. The maximum absolute atomic E-state index is 12.8. The third-order valence-corrected chi connectivity index (χ3v) is 7.55. The summed E-state index contributed by atoms with van der Waals surface area (Å²) < 4.78 is 35.1. The van der Waals surface area contributed by atoms with Crippen molar-refractivity contribution >= 4 is 26.0 Å². The second-order valence-corrected chi connectivity index (χ2v) is 10.1. The van der Waals surface area contributed by atoms with Gasteiger partial charge in [-0.05, 0) is 66.6 Å². The molecule has 0 aromatic heterocycles. The molecule has 1 aliphatic carbocycles. The van der Waals surface area contributed by atoms with E-state index in [1.54, 1.807) is 12.1 Å². The van der Waals surface area contributed by atoms with Gasteiger partial charge in [-0.15, -0.1) is 0 Å². The molecule has 4 rings (SSSR count). The summed E-state index contributed by atoms with van der Waals surface area (Å²) in [4.78, 5) is 0.321. The Morgan fingerprint density at radius 2 is 1.74 bits per heavy atom. The van der Waals surface area contributed by atoms with Gasteiger partial charge in [-0.1, -0.05) is 47.3 Å². The molecule has 27 heavy (non-hydrogen) atoms. The van der Waals surface area contributed by atoms with E-state index in [-0.39, 0.29) is 6.04 Å². The van der Waals surface area contributed by atoms with Gasteiger partial charge < -0.3 is 4.74 Å². The first-order valence-corrected chi connectivity index (χ1v) is 11.8. The fourth-order valence-electron chi connectivity index (χ4n) is 4.08. The first-order chi connectivity index (χ1) is 13.0. The molecule has 2 aromatic carbocycles. The van der Waals surface area contributed by atoms with Crippen LogP contribution in [-0.2, 0) is 16.4 Å². The number of sulfonamides is 1. The van der Waals surface area contributed by atoms with Gasteiger partial charge in [-0.3, -0.25) is 0 Å². The molecule has 1 aliphatic heterocycles.